The third-order valence-electron chi connectivity index (χ3n) is 4.75. The molecule has 1 saturated heterocycles. The quantitative estimate of drug-likeness (QED) is 0.596. The number of nitrogens with one attached hydrogen (secondary N) is 1. The van der Waals surface area contributed by atoms with Crippen LogP contribution in [0.2, 0.25) is 0 Å². The molecule has 8 heteroatoms. The molecular formula is C21H24N2O5S. The lowest BCUT2D eigenvalue weighted by Crippen LogP contribution is -2.39. The van der Waals surface area contributed by atoms with Crippen molar-refractivity contribution >= 4 is 27.6 Å². The van der Waals surface area contributed by atoms with E-state index in [-0.39, 0.29) is 10.8 Å². The molecular weight excluding hydrogens is 392 g/mol. The van der Waals surface area contributed by atoms with Crippen LogP contribution in [0.25, 0.3) is 0 Å². The van der Waals surface area contributed by atoms with Crippen LogP contribution in [0.1, 0.15) is 37.0 Å². The van der Waals surface area contributed by atoms with Gasteiger partial charge in [0, 0.05) is 31.3 Å². The Kier molecular flexibility index (Phi) is 6.34. The molecule has 1 fully saturated rings. The minimum absolute atomic E-state index is 0.218. The third-order valence-corrected chi connectivity index (χ3v) is 6.63. The maximum absolute atomic E-state index is 12.8. The van der Waals surface area contributed by atoms with Gasteiger partial charge in [-0.3, -0.25) is 9.59 Å². The summed E-state index contributed by atoms with van der Waals surface area (Å²) in [6.07, 6.45) is 1.91. The van der Waals surface area contributed by atoms with Crippen molar-refractivity contribution < 1.29 is 22.7 Å². The van der Waals surface area contributed by atoms with E-state index in [9.17, 15) is 18.0 Å². The molecule has 154 valence electrons. The second kappa shape index (κ2) is 8.75. The lowest BCUT2D eigenvalue weighted by molar-refractivity contribution is -0.131. The number of hydrogen-bond acceptors (Lipinski definition) is 5. The number of carbonyl (C=O) groups is 2. The highest BCUT2D eigenvalue weighted by Gasteiger charge is 2.28. The summed E-state index contributed by atoms with van der Waals surface area (Å²) in [6, 6.07) is 12.3. The van der Waals surface area contributed by atoms with Crippen LogP contribution in [0, 0.1) is 5.92 Å². The van der Waals surface area contributed by atoms with E-state index >= 15 is 0 Å². The van der Waals surface area contributed by atoms with Gasteiger partial charge < -0.3 is 10.1 Å². The monoisotopic (exact) mass is 416 g/mol. The number of nitrogens with zero attached hydrogens (tertiary/aromatic N) is 1. The lowest BCUT2D eigenvalue weighted by atomic mass is 10.0. The Bertz CT molecular complexity index is 985. The van der Waals surface area contributed by atoms with Crippen molar-refractivity contribution in [1.82, 2.24) is 4.31 Å². The van der Waals surface area contributed by atoms with Gasteiger partial charge in [0.2, 0.25) is 10.0 Å². The largest absolute Gasteiger partial charge is 0.427 e. The number of amides is 1. The lowest BCUT2D eigenvalue weighted by Gasteiger charge is -2.30. The zero-order valence-corrected chi connectivity index (χ0v) is 17.2. The Labute approximate surface area is 170 Å². The van der Waals surface area contributed by atoms with Gasteiger partial charge in [-0.25, -0.2) is 8.42 Å². The van der Waals surface area contributed by atoms with Crippen LogP contribution < -0.4 is 10.1 Å². The van der Waals surface area contributed by atoms with Gasteiger partial charge in [-0.2, -0.15) is 4.31 Å². The van der Waals surface area contributed by atoms with Crippen molar-refractivity contribution in [1.29, 1.82) is 0 Å². The molecule has 0 aromatic heterocycles. The van der Waals surface area contributed by atoms with E-state index in [4.69, 9.17) is 4.74 Å². The first kappa shape index (κ1) is 21.0. The van der Waals surface area contributed by atoms with Crippen LogP contribution >= 0.6 is 0 Å². The number of carbonyl (C=O) groups excluding carboxylic acids is 2. The Morgan fingerprint density at radius 1 is 1.07 bits per heavy atom. The van der Waals surface area contributed by atoms with E-state index in [0.29, 0.717) is 36.0 Å². The molecule has 1 unspecified atom stereocenters. The van der Waals surface area contributed by atoms with Gasteiger partial charge in [-0.1, -0.05) is 6.92 Å². The predicted octanol–water partition coefficient (Wildman–Crippen LogP) is 3.28. The molecule has 0 saturated carbocycles. The summed E-state index contributed by atoms with van der Waals surface area (Å²) in [6.45, 7) is 4.42. The average Bonchev–Trinajstić information content (AvgIpc) is 2.68. The molecule has 0 spiro atoms. The molecule has 0 radical (unpaired) electrons. The highest BCUT2D eigenvalue weighted by molar-refractivity contribution is 7.89. The van der Waals surface area contributed by atoms with Gasteiger partial charge in [0.1, 0.15) is 5.75 Å². The zero-order valence-electron chi connectivity index (χ0n) is 16.4. The number of rotatable bonds is 5. The summed E-state index contributed by atoms with van der Waals surface area (Å²) in [7, 11) is -3.53. The highest BCUT2D eigenvalue weighted by atomic mass is 32.2. The molecule has 1 amide bonds. The number of piperidine rings is 1. The van der Waals surface area contributed by atoms with Gasteiger partial charge in [0.15, 0.2) is 0 Å². The summed E-state index contributed by atoms with van der Waals surface area (Å²) < 4.78 is 32.1. The Morgan fingerprint density at radius 2 is 1.72 bits per heavy atom. The minimum Gasteiger partial charge on any atom is -0.427 e. The molecule has 0 aliphatic carbocycles. The maximum Gasteiger partial charge on any atom is 0.308 e. The number of anilines is 1. The molecule has 0 bridgehead atoms. The fraction of sp³-hybridized carbons (Fsp3) is 0.333. The number of sulfonamides is 1. The van der Waals surface area contributed by atoms with Gasteiger partial charge >= 0.3 is 5.97 Å². The summed E-state index contributed by atoms with van der Waals surface area (Å²) in [5.41, 5.74) is 0.880. The second-order valence-corrected chi connectivity index (χ2v) is 9.14. The van der Waals surface area contributed by atoms with Crippen LogP contribution in [0.4, 0.5) is 5.69 Å². The fourth-order valence-corrected chi connectivity index (χ4v) is 4.87. The standard InChI is InChI=1S/C21H24N2O5S/c1-15-4-3-13-23(14-15)29(26,27)20-11-7-18(8-12-20)22-21(25)17-5-9-19(10-6-17)28-16(2)24/h5-12,15H,3-4,13-14H2,1-2H3,(H,22,25). The van der Waals surface area contributed by atoms with Crippen molar-refractivity contribution in [3.05, 3.63) is 54.1 Å². The van der Waals surface area contributed by atoms with E-state index in [1.165, 1.54) is 35.5 Å². The molecule has 1 aliphatic rings. The Balaban J connectivity index is 1.67. The normalized spacial score (nSPS) is 17.5. The first-order valence-corrected chi connectivity index (χ1v) is 10.9. The smallest absolute Gasteiger partial charge is 0.308 e. The molecule has 3 rings (SSSR count). The van der Waals surface area contributed by atoms with Gasteiger partial charge in [-0.05, 0) is 67.3 Å². The van der Waals surface area contributed by atoms with Crippen LogP contribution in [-0.4, -0.2) is 37.7 Å². The van der Waals surface area contributed by atoms with Gasteiger partial charge in [0.05, 0.1) is 4.90 Å². The fourth-order valence-electron chi connectivity index (χ4n) is 3.27. The molecule has 1 N–H and O–H groups in total. The van der Waals surface area contributed by atoms with Crippen molar-refractivity contribution in [3.63, 3.8) is 0 Å². The first-order valence-electron chi connectivity index (χ1n) is 9.46. The van der Waals surface area contributed by atoms with Crippen molar-refractivity contribution in [2.75, 3.05) is 18.4 Å². The molecule has 2 aromatic carbocycles. The molecule has 1 heterocycles. The summed E-state index contributed by atoms with van der Waals surface area (Å²) in [5, 5.41) is 2.73. The summed E-state index contributed by atoms with van der Waals surface area (Å²) >= 11 is 0. The third kappa shape index (κ3) is 5.21. The van der Waals surface area contributed by atoms with Crippen molar-refractivity contribution in [2.45, 2.75) is 31.6 Å². The summed E-state index contributed by atoms with van der Waals surface area (Å²) in [5.74, 6) is -0.0731. The highest BCUT2D eigenvalue weighted by Crippen LogP contribution is 2.24. The number of ether oxygens (including phenoxy) is 1. The van der Waals surface area contributed by atoms with Crippen molar-refractivity contribution in [2.24, 2.45) is 5.92 Å². The van der Waals surface area contributed by atoms with Crippen LogP contribution in [0.15, 0.2) is 53.4 Å². The van der Waals surface area contributed by atoms with Crippen LogP contribution in [-0.2, 0) is 14.8 Å². The van der Waals surface area contributed by atoms with E-state index < -0.39 is 16.0 Å². The van der Waals surface area contributed by atoms with Crippen LogP contribution in [0.3, 0.4) is 0 Å². The number of hydrogen-bond donors (Lipinski definition) is 1. The van der Waals surface area contributed by atoms with E-state index in [2.05, 4.69) is 12.2 Å². The van der Waals surface area contributed by atoms with Gasteiger partial charge in [-0.15, -0.1) is 0 Å². The molecule has 2 aromatic rings. The van der Waals surface area contributed by atoms with Gasteiger partial charge in [0.25, 0.3) is 5.91 Å². The Hall–Kier alpha value is -2.71. The topological polar surface area (TPSA) is 92.8 Å². The molecule has 1 aliphatic heterocycles. The molecule has 7 nitrogen and oxygen atoms in total. The average molecular weight is 416 g/mol. The molecule has 29 heavy (non-hydrogen) atoms. The molecule has 1 atom stereocenters. The first-order chi connectivity index (χ1) is 13.8. The number of esters is 1. The van der Waals surface area contributed by atoms with Crippen LogP contribution in [0.5, 0.6) is 5.75 Å². The van der Waals surface area contributed by atoms with E-state index in [1.807, 2.05) is 0 Å². The predicted molar refractivity (Wildman–Crippen MR) is 109 cm³/mol. The van der Waals surface area contributed by atoms with Crippen molar-refractivity contribution in [3.8, 4) is 5.75 Å². The SMILES string of the molecule is CC(=O)Oc1ccc(C(=O)Nc2ccc(S(=O)(=O)N3CCCC(C)C3)cc2)cc1. The second-order valence-electron chi connectivity index (χ2n) is 7.21. The maximum atomic E-state index is 12.8. The Morgan fingerprint density at radius 3 is 2.31 bits per heavy atom. The van der Waals surface area contributed by atoms with E-state index in [0.717, 1.165) is 12.8 Å². The summed E-state index contributed by atoms with van der Waals surface area (Å²) in [4.78, 5) is 23.5. The van der Waals surface area contributed by atoms with E-state index in [1.54, 1.807) is 24.3 Å². The zero-order chi connectivity index (χ0) is 21.0. The number of benzene rings is 2. The minimum atomic E-state index is -3.53.